The number of aliphatic carboxylic acids is 1. The normalized spacial score (nSPS) is 25.5. The van der Waals surface area contributed by atoms with Crippen LogP contribution in [0.3, 0.4) is 0 Å². The molecule has 1 rings (SSSR count). The molecule has 3 N–H and O–H groups in total. The van der Waals surface area contributed by atoms with Crippen LogP contribution >= 0.6 is 0 Å². The van der Waals surface area contributed by atoms with Gasteiger partial charge in [0.2, 0.25) is 5.91 Å². The number of carboxylic acids is 1. The van der Waals surface area contributed by atoms with E-state index in [1.54, 1.807) is 11.8 Å². The molecule has 0 aromatic rings. The lowest BCUT2D eigenvalue weighted by atomic mass is 10.1. The van der Waals surface area contributed by atoms with Crippen molar-refractivity contribution >= 4 is 11.9 Å². The highest BCUT2D eigenvalue weighted by Gasteiger charge is 2.32. The molecule has 86 valence electrons. The Balaban J connectivity index is 2.78. The van der Waals surface area contributed by atoms with Gasteiger partial charge in [-0.25, -0.2) is 0 Å². The lowest BCUT2D eigenvalue weighted by Gasteiger charge is -2.30. The molecule has 1 aliphatic heterocycles. The third-order valence-electron chi connectivity index (χ3n) is 2.99. The molecule has 1 fully saturated rings. The van der Waals surface area contributed by atoms with Crippen molar-refractivity contribution in [3.63, 3.8) is 0 Å². The molecule has 1 heterocycles. The Kier molecular flexibility index (Phi) is 4.08. The molecule has 1 saturated heterocycles. The molecule has 5 heteroatoms. The van der Waals surface area contributed by atoms with Gasteiger partial charge in [-0.15, -0.1) is 0 Å². The second kappa shape index (κ2) is 5.11. The van der Waals surface area contributed by atoms with Gasteiger partial charge in [0, 0.05) is 0 Å². The first-order valence-electron chi connectivity index (χ1n) is 5.32. The summed E-state index contributed by atoms with van der Waals surface area (Å²) >= 11 is 0. The number of rotatable bonds is 3. The zero-order valence-electron chi connectivity index (χ0n) is 8.98. The number of nitrogens with two attached hydrogens (primary N) is 1. The van der Waals surface area contributed by atoms with Crippen LogP contribution in [0.25, 0.3) is 0 Å². The van der Waals surface area contributed by atoms with E-state index in [2.05, 4.69) is 0 Å². The molecule has 1 aliphatic rings. The molecule has 0 saturated carbocycles. The largest absolute Gasteiger partial charge is 0.480 e. The summed E-state index contributed by atoms with van der Waals surface area (Å²) < 4.78 is 0. The van der Waals surface area contributed by atoms with Crippen LogP contribution in [0.5, 0.6) is 0 Å². The number of primary amides is 1. The zero-order valence-corrected chi connectivity index (χ0v) is 8.98. The third-order valence-corrected chi connectivity index (χ3v) is 2.99. The van der Waals surface area contributed by atoms with E-state index >= 15 is 0 Å². The van der Waals surface area contributed by atoms with E-state index < -0.39 is 24.0 Å². The lowest BCUT2D eigenvalue weighted by Crippen LogP contribution is -2.50. The Bertz CT molecular complexity index is 255. The van der Waals surface area contributed by atoms with E-state index in [0.717, 1.165) is 19.3 Å². The van der Waals surface area contributed by atoms with Gasteiger partial charge in [-0.05, 0) is 26.3 Å². The van der Waals surface area contributed by atoms with Gasteiger partial charge in [0.15, 0.2) is 0 Å². The van der Waals surface area contributed by atoms with Gasteiger partial charge in [0.1, 0.15) is 6.04 Å². The van der Waals surface area contributed by atoms with Gasteiger partial charge in [-0.3, -0.25) is 14.5 Å². The summed E-state index contributed by atoms with van der Waals surface area (Å²) in [6.07, 6.45) is 3.46. The number of hydrogen-bond acceptors (Lipinski definition) is 3. The number of amides is 1. The molecule has 2 unspecified atom stereocenters. The Morgan fingerprint density at radius 3 is 2.60 bits per heavy atom. The highest BCUT2D eigenvalue weighted by molar-refractivity contribution is 5.81. The van der Waals surface area contributed by atoms with E-state index in [1.165, 1.54) is 0 Å². The van der Waals surface area contributed by atoms with Crippen molar-refractivity contribution in [3.05, 3.63) is 0 Å². The van der Waals surface area contributed by atoms with E-state index in [0.29, 0.717) is 13.0 Å². The molecule has 0 aromatic heterocycles. The van der Waals surface area contributed by atoms with Gasteiger partial charge in [-0.2, -0.15) is 0 Å². The summed E-state index contributed by atoms with van der Waals surface area (Å²) in [4.78, 5) is 23.8. The van der Waals surface area contributed by atoms with Crippen molar-refractivity contribution in [2.45, 2.75) is 44.7 Å². The van der Waals surface area contributed by atoms with Crippen LogP contribution in [0, 0.1) is 0 Å². The number of carbonyl (C=O) groups excluding carboxylic acids is 1. The van der Waals surface area contributed by atoms with Crippen molar-refractivity contribution in [1.82, 2.24) is 4.90 Å². The minimum absolute atomic E-state index is 0.455. The molecule has 0 bridgehead atoms. The van der Waals surface area contributed by atoms with Gasteiger partial charge >= 0.3 is 5.97 Å². The van der Waals surface area contributed by atoms with E-state index in [-0.39, 0.29) is 0 Å². The van der Waals surface area contributed by atoms with Crippen molar-refractivity contribution in [3.8, 4) is 0 Å². The van der Waals surface area contributed by atoms with Crippen molar-refractivity contribution in [1.29, 1.82) is 0 Å². The molecule has 5 nitrogen and oxygen atoms in total. The Labute approximate surface area is 89.2 Å². The highest BCUT2D eigenvalue weighted by atomic mass is 16.4. The summed E-state index contributed by atoms with van der Waals surface area (Å²) in [6, 6.07) is -1.06. The predicted octanol–water partition coefficient (Wildman–Crippen LogP) is 0.189. The summed E-state index contributed by atoms with van der Waals surface area (Å²) in [5, 5.41) is 9.07. The van der Waals surface area contributed by atoms with Crippen molar-refractivity contribution < 1.29 is 14.7 Å². The van der Waals surface area contributed by atoms with Crippen LogP contribution in [-0.4, -0.2) is 40.5 Å². The zero-order chi connectivity index (χ0) is 11.4. The lowest BCUT2D eigenvalue weighted by molar-refractivity contribution is -0.145. The van der Waals surface area contributed by atoms with Crippen molar-refractivity contribution in [2.75, 3.05) is 6.54 Å². The number of carbonyl (C=O) groups is 2. The number of nitrogens with zero attached hydrogens (tertiary/aromatic N) is 1. The minimum atomic E-state index is -0.856. The Morgan fingerprint density at radius 1 is 1.40 bits per heavy atom. The fourth-order valence-corrected chi connectivity index (χ4v) is 2.02. The molecule has 0 aliphatic carbocycles. The van der Waals surface area contributed by atoms with Crippen LogP contribution in [0.2, 0.25) is 0 Å². The number of hydrogen-bond donors (Lipinski definition) is 2. The predicted molar refractivity (Wildman–Crippen MR) is 55.3 cm³/mol. The summed E-state index contributed by atoms with van der Waals surface area (Å²) in [5.41, 5.74) is 5.21. The number of carboxylic acid groups (broad SMARTS) is 1. The van der Waals surface area contributed by atoms with Gasteiger partial charge in [0.25, 0.3) is 0 Å². The van der Waals surface area contributed by atoms with Gasteiger partial charge in [-0.1, -0.05) is 12.8 Å². The summed E-state index contributed by atoms with van der Waals surface area (Å²) in [6.45, 7) is 2.31. The van der Waals surface area contributed by atoms with Gasteiger partial charge < -0.3 is 10.8 Å². The highest BCUT2D eigenvalue weighted by Crippen LogP contribution is 2.19. The Hall–Kier alpha value is -1.10. The van der Waals surface area contributed by atoms with E-state index in [4.69, 9.17) is 10.8 Å². The molecule has 2 atom stereocenters. The SMILES string of the molecule is CC(C(N)=O)N1CCCCCC1C(=O)O. The second-order valence-electron chi connectivity index (χ2n) is 4.02. The first kappa shape index (κ1) is 12.0. The first-order valence-corrected chi connectivity index (χ1v) is 5.32. The summed E-state index contributed by atoms with van der Waals surface area (Å²) in [7, 11) is 0. The molecular formula is C10H18N2O3. The first-order chi connectivity index (χ1) is 7.04. The maximum absolute atomic E-state index is 11.1. The quantitative estimate of drug-likeness (QED) is 0.702. The second-order valence-corrected chi connectivity index (χ2v) is 4.02. The Morgan fingerprint density at radius 2 is 2.07 bits per heavy atom. The van der Waals surface area contributed by atoms with Crippen LogP contribution in [0.4, 0.5) is 0 Å². The topological polar surface area (TPSA) is 83.6 Å². The van der Waals surface area contributed by atoms with Crippen LogP contribution in [0.1, 0.15) is 32.6 Å². The average Bonchev–Trinajstić information content (AvgIpc) is 2.40. The minimum Gasteiger partial charge on any atom is -0.480 e. The van der Waals surface area contributed by atoms with Gasteiger partial charge in [0.05, 0.1) is 6.04 Å². The fourth-order valence-electron chi connectivity index (χ4n) is 2.02. The molecule has 0 radical (unpaired) electrons. The molecular weight excluding hydrogens is 196 g/mol. The molecule has 1 amide bonds. The van der Waals surface area contributed by atoms with Crippen molar-refractivity contribution in [2.24, 2.45) is 5.73 Å². The average molecular weight is 214 g/mol. The fraction of sp³-hybridized carbons (Fsp3) is 0.800. The number of likely N-dealkylation sites (tertiary alicyclic amines) is 1. The van der Waals surface area contributed by atoms with E-state index in [9.17, 15) is 9.59 Å². The smallest absolute Gasteiger partial charge is 0.320 e. The molecule has 15 heavy (non-hydrogen) atoms. The monoisotopic (exact) mass is 214 g/mol. The maximum Gasteiger partial charge on any atom is 0.320 e. The van der Waals surface area contributed by atoms with E-state index in [1.807, 2.05) is 0 Å². The molecule has 0 spiro atoms. The molecule has 0 aromatic carbocycles. The van der Waals surface area contributed by atoms with Crippen LogP contribution in [-0.2, 0) is 9.59 Å². The third kappa shape index (κ3) is 2.92. The summed E-state index contributed by atoms with van der Waals surface area (Å²) in [5.74, 6) is -1.31. The maximum atomic E-state index is 11.1. The van der Waals surface area contributed by atoms with Crippen LogP contribution in [0.15, 0.2) is 0 Å². The van der Waals surface area contributed by atoms with Crippen LogP contribution < -0.4 is 5.73 Å². The standard InChI is InChI=1S/C10H18N2O3/c1-7(9(11)13)12-6-4-2-3-5-8(12)10(14)15/h7-8H,2-6H2,1H3,(H2,11,13)(H,14,15).